The van der Waals surface area contributed by atoms with Gasteiger partial charge in [0.2, 0.25) is 0 Å². The van der Waals surface area contributed by atoms with Crippen molar-refractivity contribution in [3.05, 3.63) is 27.2 Å². The molecule has 32 heavy (non-hydrogen) atoms. The van der Waals surface area contributed by atoms with Crippen molar-refractivity contribution in [1.82, 2.24) is 18.7 Å². The molecule has 10 heteroatoms. The lowest BCUT2D eigenvalue weighted by Crippen LogP contribution is -2.40. The summed E-state index contributed by atoms with van der Waals surface area (Å²) in [5.74, 6) is 0. The molecule has 1 N–H and O–H groups in total. The van der Waals surface area contributed by atoms with E-state index in [1.165, 1.54) is 17.4 Å². The first-order valence-corrected chi connectivity index (χ1v) is 13.2. The predicted octanol–water partition coefficient (Wildman–Crippen LogP) is 4.34. The molecule has 0 bridgehead atoms. The van der Waals surface area contributed by atoms with E-state index >= 15 is 0 Å². The highest BCUT2D eigenvalue weighted by Gasteiger charge is 2.17. The van der Waals surface area contributed by atoms with Gasteiger partial charge >= 0.3 is 13.9 Å². The van der Waals surface area contributed by atoms with E-state index in [9.17, 15) is 14.2 Å². The summed E-state index contributed by atoms with van der Waals surface area (Å²) in [6.07, 6.45) is 9.99. The molecule has 0 aliphatic rings. The largest absolute Gasteiger partial charge is 0.332 e. The van der Waals surface area contributed by atoms with Gasteiger partial charge in [-0.05, 0) is 32.1 Å². The molecule has 9 nitrogen and oxygen atoms in total. The van der Waals surface area contributed by atoms with Crippen LogP contribution >= 0.6 is 8.25 Å². The average molecular weight is 473 g/mol. The van der Waals surface area contributed by atoms with Gasteiger partial charge in [0.05, 0.1) is 12.9 Å². The maximum atomic E-state index is 13.0. The second-order valence-corrected chi connectivity index (χ2v) is 8.70. The molecule has 2 aromatic rings. The van der Waals surface area contributed by atoms with E-state index in [1.807, 2.05) is 11.5 Å². The van der Waals surface area contributed by atoms with E-state index in [4.69, 9.17) is 4.89 Å². The minimum atomic E-state index is -2.87. The van der Waals surface area contributed by atoms with Gasteiger partial charge in [-0.25, -0.2) is 9.78 Å². The van der Waals surface area contributed by atoms with E-state index in [2.05, 4.69) is 30.3 Å². The zero-order valence-corrected chi connectivity index (χ0v) is 21.1. The van der Waals surface area contributed by atoms with Crippen LogP contribution in [0.25, 0.3) is 11.2 Å². The third-order valence-electron chi connectivity index (χ3n) is 5.22. The quantitative estimate of drug-likeness (QED) is 0.324. The summed E-state index contributed by atoms with van der Waals surface area (Å²) in [7, 11) is -2.87. The minimum absolute atomic E-state index is 0.249. The second kappa shape index (κ2) is 16.0. The highest BCUT2D eigenvalue weighted by molar-refractivity contribution is 7.32. The van der Waals surface area contributed by atoms with Crippen LogP contribution in [0, 0.1) is 0 Å². The standard InChI is InChI=1S/C18H31N4O5P.C4H10/c1-3-5-11-21-16-15(17(23)22(18(21)24)12-6-4-2)20(14-19-16)10-8-7-9-13-27-28(25)26;1-3-4-2/h14,28H,3-13H2,1-2H3,(H,25,26);3-4H2,1-2H3. The second-order valence-electron chi connectivity index (χ2n) is 7.88. The van der Waals surface area contributed by atoms with Gasteiger partial charge in [-0.15, -0.1) is 0 Å². The van der Waals surface area contributed by atoms with Gasteiger partial charge in [-0.3, -0.25) is 18.5 Å². The lowest BCUT2D eigenvalue weighted by Gasteiger charge is -2.12. The fourth-order valence-corrected chi connectivity index (χ4v) is 3.48. The monoisotopic (exact) mass is 472 g/mol. The number of hydrogen-bond donors (Lipinski definition) is 1. The molecule has 1 unspecified atom stereocenters. The zero-order chi connectivity index (χ0) is 23.9. The summed E-state index contributed by atoms with van der Waals surface area (Å²) in [5.41, 5.74) is 0.379. The summed E-state index contributed by atoms with van der Waals surface area (Å²) >= 11 is 0. The predicted molar refractivity (Wildman–Crippen MR) is 130 cm³/mol. The van der Waals surface area contributed by atoms with Crippen LogP contribution in [0.1, 0.15) is 85.5 Å². The smallest absolute Gasteiger partial charge is 0.326 e. The van der Waals surface area contributed by atoms with Crippen LogP contribution < -0.4 is 11.2 Å². The highest BCUT2D eigenvalue weighted by Crippen LogP contribution is 2.15. The van der Waals surface area contributed by atoms with Crippen molar-refractivity contribution in [1.29, 1.82) is 0 Å². The van der Waals surface area contributed by atoms with E-state index in [0.29, 0.717) is 37.2 Å². The number of unbranched alkanes of at least 4 members (excludes halogenated alkanes) is 5. The SMILES string of the molecule is CCCC.CCCCn1c(=O)c2c(ncn2CCCCCO[PH](=O)O)n(CCCC)c1=O. The Morgan fingerprint density at radius 1 is 0.875 bits per heavy atom. The summed E-state index contributed by atoms with van der Waals surface area (Å²) in [4.78, 5) is 38.8. The molecule has 2 rings (SSSR count). The maximum Gasteiger partial charge on any atom is 0.332 e. The molecule has 0 saturated carbocycles. The van der Waals surface area contributed by atoms with E-state index in [1.54, 1.807) is 10.9 Å². The van der Waals surface area contributed by atoms with Crippen molar-refractivity contribution in [2.24, 2.45) is 0 Å². The van der Waals surface area contributed by atoms with Crippen molar-refractivity contribution in [2.75, 3.05) is 6.61 Å². The molecule has 184 valence electrons. The lowest BCUT2D eigenvalue weighted by molar-refractivity contribution is 0.273. The molecule has 0 amide bonds. The van der Waals surface area contributed by atoms with Gasteiger partial charge in [-0.2, -0.15) is 0 Å². The van der Waals surface area contributed by atoms with Crippen LogP contribution in [0.5, 0.6) is 0 Å². The molecular weight excluding hydrogens is 431 g/mol. The number of nitrogens with zero attached hydrogens (tertiary/aromatic N) is 4. The topological polar surface area (TPSA) is 108 Å². The number of imidazole rings is 1. The van der Waals surface area contributed by atoms with Crippen molar-refractivity contribution >= 4 is 19.4 Å². The van der Waals surface area contributed by atoms with Gasteiger partial charge in [0.25, 0.3) is 5.56 Å². The van der Waals surface area contributed by atoms with Crippen LogP contribution in [0.4, 0.5) is 0 Å². The Morgan fingerprint density at radius 3 is 2.06 bits per heavy atom. The summed E-state index contributed by atoms with van der Waals surface area (Å²) < 4.78 is 20.0. The molecule has 0 aliphatic carbocycles. The van der Waals surface area contributed by atoms with Gasteiger partial charge in [0.1, 0.15) is 0 Å². The van der Waals surface area contributed by atoms with Crippen LogP contribution in [0.3, 0.4) is 0 Å². The van der Waals surface area contributed by atoms with Crippen molar-refractivity contribution < 1.29 is 14.0 Å². The molecular formula is C22H41N4O5P. The van der Waals surface area contributed by atoms with Gasteiger partial charge in [-0.1, -0.05) is 53.4 Å². The third kappa shape index (κ3) is 8.68. The Morgan fingerprint density at radius 2 is 1.50 bits per heavy atom. The van der Waals surface area contributed by atoms with E-state index in [0.717, 1.165) is 38.5 Å². The Bertz CT molecular complexity index is 933. The molecule has 2 aromatic heterocycles. The Hall–Kier alpha value is -1.70. The van der Waals surface area contributed by atoms with Gasteiger partial charge in [0.15, 0.2) is 11.2 Å². The first kappa shape index (κ1) is 28.3. The number of rotatable bonds is 14. The van der Waals surface area contributed by atoms with Gasteiger partial charge in [0, 0.05) is 19.6 Å². The molecule has 0 aromatic carbocycles. The van der Waals surface area contributed by atoms with Crippen LogP contribution in [0.15, 0.2) is 15.9 Å². The summed E-state index contributed by atoms with van der Waals surface area (Å²) in [6, 6.07) is 0. The first-order valence-electron chi connectivity index (χ1n) is 12.0. The van der Waals surface area contributed by atoms with Crippen molar-refractivity contribution in [3.8, 4) is 0 Å². The molecule has 1 atom stereocenters. The van der Waals surface area contributed by atoms with Gasteiger partial charge < -0.3 is 14.0 Å². The molecule has 0 spiro atoms. The molecule has 0 aliphatic heterocycles. The number of hydrogen-bond acceptors (Lipinski definition) is 5. The van der Waals surface area contributed by atoms with Crippen LogP contribution in [-0.4, -0.2) is 30.2 Å². The maximum absolute atomic E-state index is 13.0. The minimum Gasteiger partial charge on any atom is -0.326 e. The zero-order valence-electron chi connectivity index (χ0n) is 20.1. The van der Waals surface area contributed by atoms with Crippen molar-refractivity contribution in [3.63, 3.8) is 0 Å². The fourth-order valence-electron chi connectivity index (χ4n) is 3.16. The Labute approximate surface area is 191 Å². The lowest BCUT2D eigenvalue weighted by atomic mass is 10.2. The third-order valence-corrected chi connectivity index (χ3v) is 5.67. The number of fused-ring (bicyclic) bond motifs is 1. The highest BCUT2D eigenvalue weighted by atomic mass is 31.1. The Kier molecular flexibility index (Phi) is 14.2. The number of aryl methyl sites for hydroxylation is 2. The van der Waals surface area contributed by atoms with Crippen LogP contribution in [0.2, 0.25) is 0 Å². The van der Waals surface area contributed by atoms with E-state index in [-0.39, 0.29) is 17.9 Å². The van der Waals surface area contributed by atoms with Crippen molar-refractivity contribution in [2.45, 2.75) is 105 Å². The molecule has 0 radical (unpaired) electrons. The Balaban J connectivity index is 0.00000118. The molecule has 0 fully saturated rings. The first-order chi connectivity index (χ1) is 15.4. The van der Waals surface area contributed by atoms with Crippen LogP contribution in [-0.2, 0) is 28.7 Å². The summed E-state index contributed by atoms with van der Waals surface area (Å²) in [5, 5.41) is 0. The number of aromatic nitrogens is 4. The summed E-state index contributed by atoms with van der Waals surface area (Å²) in [6.45, 7) is 10.3. The normalized spacial score (nSPS) is 12.0. The fraction of sp³-hybridized carbons (Fsp3) is 0.773. The molecule has 2 heterocycles. The average Bonchev–Trinajstić information content (AvgIpc) is 3.20. The van der Waals surface area contributed by atoms with E-state index < -0.39 is 8.25 Å². The molecule has 0 saturated heterocycles.